The Morgan fingerprint density at radius 1 is 1.29 bits per heavy atom. The Balaban J connectivity index is 2.47. The summed E-state index contributed by atoms with van der Waals surface area (Å²) in [6.07, 6.45) is 7.08. The van der Waals surface area contributed by atoms with Crippen molar-refractivity contribution >= 4 is 9.04 Å². The van der Waals surface area contributed by atoms with E-state index in [0.717, 1.165) is 5.92 Å². The van der Waals surface area contributed by atoms with Gasteiger partial charge in [0.15, 0.2) is 0 Å². The highest BCUT2D eigenvalue weighted by Gasteiger charge is 2.36. The molecule has 82 valence electrons. The minimum atomic E-state index is -0.881. The van der Waals surface area contributed by atoms with E-state index in [1.54, 1.807) is 0 Å². The molecule has 14 heavy (non-hydrogen) atoms. The average molecular weight is 212 g/mol. The standard InChI is InChI=1S/C12H24OSi/c1-12(2,3)11(10-6-7-10)8-9-13-14(4)5/h8-11,14H,6-7H2,1-5H3/t11-/m0/s1. The normalized spacial score (nSPS) is 20.4. The van der Waals surface area contributed by atoms with Crippen LogP contribution >= 0.6 is 0 Å². The zero-order chi connectivity index (χ0) is 10.8. The first-order valence-corrected chi connectivity index (χ1v) is 8.51. The molecule has 1 atom stereocenters. The van der Waals surface area contributed by atoms with E-state index in [-0.39, 0.29) is 0 Å². The van der Waals surface area contributed by atoms with E-state index in [1.165, 1.54) is 12.8 Å². The van der Waals surface area contributed by atoms with E-state index < -0.39 is 9.04 Å². The molecule has 0 radical (unpaired) electrons. The first-order chi connectivity index (χ1) is 6.41. The molecule has 1 nitrogen and oxygen atoms in total. The molecule has 1 saturated carbocycles. The topological polar surface area (TPSA) is 9.23 Å². The molecule has 0 bridgehead atoms. The summed E-state index contributed by atoms with van der Waals surface area (Å²) in [6, 6.07) is 0. The van der Waals surface area contributed by atoms with E-state index in [9.17, 15) is 0 Å². The summed E-state index contributed by atoms with van der Waals surface area (Å²) in [7, 11) is -0.881. The van der Waals surface area contributed by atoms with Crippen molar-refractivity contribution in [1.29, 1.82) is 0 Å². The molecule has 2 heteroatoms. The molecular formula is C12H24OSi. The first-order valence-electron chi connectivity index (χ1n) is 5.73. The maximum atomic E-state index is 5.60. The highest BCUT2D eigenvalue weighted by molar-refractivity contribution is 6.48. The second-order valence-corrected chi connectivity index (χ2v) is 8.11. The van der Waals surface area contributed by atoms with Gasteiger partial charge in [-0.05, 0) is 49.3 Å². The van der Waals surface area contributed by atoms with Gasteiger partial charge in [-0.15, -0.1) is 0 Å². The van der Waals surface area contributed by atoms with Crippen molar-refractivity contribution < 1.29 is 4.43 Å². The smallest absolute Gasteiger partial charge is 0.228 e. The van der Waals surface area contributed by atoms with Gasteiger partial charge >= 0.3 is 0 Å². The molecule has 0 aromatic carbocycles. The van der Waals surface area contributed by atoms with Gasteiger partial charge in [0.05, 0.1) is 6.26 Å². The summed E-state index contributed by atoms with van der Waals surface area (Å²) in [6.45, 7) is 11.4. The lowest BCUT2D eigenvalue weighted by Gasteiger charge is -2.28. The van der Waals surface area contributed by atoms with Crippen LogP contribution in [0.3, 0.4) is 0 Å². The van der Waals surface area contributed by atoms with Crippen LogP contribution in [0, 0.1) is 17.3 Å². The fourth-order valence-corrected chi connectivity index (χ4v) is 2.30. The second-order valence-electron chi connectivity index (χ2n) is 5.74. The van der Waals surface area contributed by atoms with E-state index >= 15 is 0 Å². The molecule has 0 aromatic rings. The molecule has 1 aliphatic carbocycles. The van der Waals surface area contributed by atoms with Crippen LogP contribution in [-0.4, -0.2) is 9.04 Å². The van der Waals surface area contributed by atoms with Gasteiger partial charge in [-0.2, -0.15) is 0 Å². The van der Waals surface area contributed by atoms with Crippen LogP contribution in [-0.2, 0) is 4.43 Å². The molecule has 0 amide bonds. The fourth-order valence-electron chi connectivity index (χ4n) is 1.90. The summed E-state index contributed by atoms with van der Waals surface area (Å²) < 4.78 is 5.60. The first kappa shape index (κ1) is 11.8. The highest BCUT2D eigenvalue weighted by Crippen LogP contribution is 2.46. The maximum absolute atomic E-state index is 5.60. The fraction of sp³-hybridized carbons (Fsp3) is 0.833. The summed E-state index contributed by atoms with van der Waals surface area (Å²) in [5, 5.41) is 0. The van der Waals surface area contributed by atoms with Gasteiger partial charge in [0, 0.05) is 0 Å². The van der Waals surface area contributed by atoms with Gasteiger partial charge in [0.25, 0.3) is 0 Å². The van der Waals surface area contributed by atoms with Crippen LogP contribution in [0.25, 0.3) is 0 Å². The molecule has 0 spiro atoms. The van der Waals surface area contributed by atoms with Crippen molar-refractivity contribution in [3.63, 3.8) is 0 Å². The van der Waals surface area contributed by atoms with Crippen molar-refractivity contribution in [2.45, 2.75) is 46.7 Å². The number of hydrogen-bond donors (Lipinski definition) is 0. The van der Waals surface area contributed by atoms with Gasteiger partial charge < -0.3 is 4.43 Å². The minimum Gasteiger partial charge on any atom is -0.553 e. The maximum Gasteiger partial charge on any atom is 0.228 e. The quantitative estimate of drug-likeness (QED) is 0.511. The minimum absolute atomic E-state index is 0.388. The molecule has 0 heterocycles. The Kier molecular flexibility index (Phi) is 3.82. The van der Waals surface area contributed by atoms with Crippen molar-refractivity contribution in [2.24, 2.45) is 17.3 Å². The Bertz CT molecular complexity index is 199. The Labute approximate surface area is 90.3 Å². The SMILES string of the molecule is C[SiH](C)OC=C[C@@H](C1CC1)C(C)(C)C. The molecule has 0 unspecified atom stereocenters. The summed E-state index contributed by atoms with van der Waals surface area (Å²) in [4.78, 5) is 0. The van der Waals surface area contributed by atoms with Crippen LogP contribution < -0.4 is 0 Å². The van der Waals surface area contributed by atoms with Crippen LogP contribution in [0.5, 0.6) is 0 Å². The number of allylic oxidation sites excluding steroid dienone is 1. The van der Waals surface area contributed by atoms with E-state index in [1.807, 2.05) is 6.26 Å². The average Bonchev–Trinajstić information content (AvgIpc) is 2.77. The molecule has 1 fully saturated rings. The lowest BCUT2D eigenvalue weighted by molar-refractivity contribution is 0.260. The molecule has 0 aromatic heterocycles. The molecule has 0 saturated heterocycles. The summed E-state index contributed by atoms with van der Waals surface area (Å²) in [5.74, 6) is 1.62. The highest BCUT2D eigenvalue weighted by atomic mass is 28.3. The Morgan fingerprint density at radius 2 is 1.86 bits per heavy atom. The predicted molar refractivity (Wildman–Crippen MR) is 64.8 cm³/mol. The molecule has 0 N–H and O–H groups in total. The third kappa shape index (κ3) is 3.87. The van der Waals surface area contributed by atoms with Crippen LogP contribution in [0.15, 0.2) is 12.3 Å². The largest absolute Gasteiger partial charge is 0.553 e. The van der Waals surface area contributed by atoms with Crippen LogP contribution in [0.1, 0.15) is 33.6 Å². The van der Waals surface area contributed by atoms with Crippen molar-refractivity contribution in [3.8, 4) is 0 Å². The van der Waals surface area contributed by atoms with E-state index in [4.69, 9.17) is 4.43 Å². The third-order valence-corrected chi connectivity index (χ3v) is 3.47. The monoisotopic (exact) mass is 212 g/mol. The molecule has 1 rings (SSSR count). The molecule has 1 aliphatic rings. The Morgan fingerprint density at radius 3 is 2.21 bits per heavy atom. The lowest BCUT2D eigenvalue weighted by atomic mass is 9.78. The van der Waals surface area contributed by atoms with Gasteiger partial charge in [-0.25, -0.2) is 0 Å². The zero-order valence-corrected chi connectivity index (χ0v) is 11.4. The molecular weight excluding hydrogens is 188 g/mol. The van der Waals surface area contributed by atoms with Gasteiger partial charge in [-0.3, -0.25) is 0 Å². The summed E-state index contributed by atoms with van der Waals surface area (Å²) >= 11 is 0. The van der Waals surface area contributed by atoms with E-state index in [2.05, 4.69) is 39.9 Å². The van der Waals surface area contributed by atoms with E-state index in [0.29, 0.717) is 11.3 Å². The van der Waals surface area contributed by atoms with Crippen molar-refractivity contribution in [3.05, 3.63) is 12.3 Å². The van der Waals surface area contributed by atoms with Crippen molar-refractivity contribution in [1.82, 2.24) is 0 Å². The zero-order valence-electron chi connectivity index (χ0n) is 10.2. The number of rotatable bonds is 4. The Hall–Kier alpha value is -0.243. The molecule has 0 aliphatic heterocycles. The third-order valence-electron chi connectivity index (χ3n) is 2.77. The lowest BCUT2D eigenvalue weighted by Crippen LogP contribution is -2.20. The number of hydrogen-bond acceptors (Lipinski definition) is 1. The predicted octanol–water partition coefficient (Wildman–Crippen LogP) is 3.57. The second kappa shape index (κ2) is 4.52. The van der Waals surface area contributed by atoms with Crippen molar-refractivity contribution in [2.75, 3.05) is 0 Å². The van der Waals surface area contributed by atoms with Gasteiger partial charge in [0.1, 0.15) is 0 Å². The van der Waals surface area contributed by atoms with Gasteiger partial charge in [-0.1, -0.05) is 20.8 Å². The van der Waals surface area contributed by atoms with Crippen LogP contribution in [0.2, 0.25) is 13.1 Å². The van der Waals surface area contributed by atoms with Gasteiger partial charge in [0.2, 0.25) is 9.04 Å². The van der Waals surface area contributed by atoms with Crippen LogP contribution in [0.4, 0.5) is 0 Å². The summed E-state index contributed by atoms with van der Waals surface area (Å²) in [5.41, 5.74) is 0.388.